The van der Waals surface area contributed by atoms with Gasteiger partial charge in [-0.25, -0.2) is 0 Å². The summed E-state index contributed by atoms with van der Waals surface area (Å²) >= 11 is 0. The number of nitrogens with zero attached hydrogens (tertiary/aromatic N) is 3. The molecule has 0 aromatic carbocycles. The highest BCUT2D eigenvalue weighted by Crippen LogP contribution is 2.31. The van der Waals surface area contributed by atoms with E-state index in [1.165, 1.54) is 25.7 Å². The molecule has 2 aliphatic rings. The van der Waals surface area contributed by atoms with Crippen molar-refractivity contribution in [1.29, 1.82) is 0 Å². The molecule has 0 spiro atoms. The molecular formula is C20H32N4O2. The van der Waals surface area contributed by atoms with E-state index in [9.17, 15) is 9.59 Å². The van der Waals surface area contributed by atoms with Crippen LogP contribution < -0.4 is 5.32 Å². The highest BCUT2D eigenvalue weighted by molar-refractivity contribution is 5.93. The number of carbonyl (C=O) groups is 2. The van der Waals surface area contributed by atoms with E-state index in [-0.39, 0.29) is 23.9 Å². The molecule has 2 amide bonds. The SMILES string of the molecule is CCN(CC)C(=O)[C@@H]1C[C@@H](NC(=O)c2cccn2C)CN1C1CCCC1. The summed E-state index contributed by atoms with van der Waals surface area (Å²) in [6.07, 6.45) is 7.41. The molecule has 144 valence electrons. The molecule has 3 rings (SSSR count). The van der Waals surface area contributed by atoms with Gasteiger partial charge in [0.15, 0.2) is 0 Å². The summed E-state index contributed by atoms with van der Waals surface area (Å²) in [6.45, 7) is 6.32. The second kappa shape index (κ2) is 8.25. The van der Waals surface area contributed by atoms with Crippen molar-refractivity contribution >= 4 is 11.8 Å². The Morgan fingerprint density at radius 3 is 2.50 bits per heavy atom. The quantitative estimate of drug-likeness (QED) is 0.844. The van der Waals surface area contributed by atoms with Crippen LogP contribution >= 0.6 is 0 Å². The first-order chi connectivity index (χ1) is 12.5. The van der Waals surface area contributed by atoms with Crippen molar-refractivity contribution in [2.24, 2.45) is 7.05 Å². The van der Waals surface area contributed by atoms with Gasteiger partial charge in [-0.2, -0.15) is 0 Å². The van der Waals surface area contributed by atoms with Gasteiger partial charge in [-0.15, -0.1) is 0 Å². The Labute approximate surface area is 156 Å². The largest absolute Gasteiger partial charge is 0.347 e. The van der Waals surface area contributed by atoms with E-state index in [2.05, 4.69) is 10.2 Å². The van der Waals surface area contributed by atoms with Crippen molar-refractivity contribution in [3.63, 3.8) is 0 Å². The number of aryl methyl sites for hydroxylation is 1. The van der Waals surface area contributed by atoms with E-state index in [0.29, 0.717) is 18.2 Å². The maximum absolute atomic E-state index is 13.1. The Morgan fingerprint density at radius 2 is 1.92 bits per heavy atom. The van der Waals surface area contributed by atoms with Gasteiger partial charge in [-0.3, -0.25) is 14.5 Å². The zero-order valence-corrected chi connectivity index (χ0v) is 16.3. The van der Waals surface area contributed by atoms with Crippen molar-refractivity contribution in [1.82, 2.24) is 19.7 Å². The first kappa shape index (κ1) is 19.0. The lowest BCUT2D eigenvalue weighted by Crippen LogP contribution is -2.48. The number of hydrogen-bond donors (Lipinski definition) is 1. The van der Waals surface area contributed by atoms with Crippen LogP contribution in [0.25, 0.3) is 0 Å². The van der Waals surface area contributed by atoms with Gasteiger partial charge in [-0.1, -0.05) is 12.8 Å². The predicted molar refractivity (Wildman–Crippen MR) is 102 cm³/mol. The number of hydrogen-bond acceptors (Lipinski definition) is 3. The Balaban J connectivity index is 1.72. The normalized spacial score (nSPS) is 24.1. The van der Waals surface area contributed by atoms with E-state index in [1.807, 2.05) is 48.7 Å². The lowest BCUT2D eigenvalue weighted by molar-refractivity contribution is -0.136. The molecule has 2 fully saturated rings. The molecule has 1 saturated heterocycles. The van der Waals surface area contributed by atoms with Crippen LogP contribution in [0.5, 0.6) is 0 Å². The first-order valence-corrected chi connectivity index (χ1v) is 10.0. The number of amides is 2. The van der Waals surface area contributed by atoms with Crippen LogP contribution in [-0.4, -0.2) is 63.9 Å². The third kappa shape index (κ3) is 3.80. The Bertz CT molecular complexity index is 632. The van der Waals surface area contributed by atoms with E-state index >= 15 is 0 Å². The Morgan fingerprint density at radius 1 is 1.23 bits per heavy atom. The second-order valence-corrected chi connectivity index (χ2v) is 7.57. The standard InChI is InChI=1S/C20H32N4O2/c1-4-23(5-2)20(26)18-13-15(14-24(18)16-9-6-7-10-16)21-19(25)17-11-8-12-22(17)3/h8,11-12,15-16,18H,4-7,9-10,13-14H2,1-3H3,(H,21,25)/t15-,18+/m1/s1. The maximum Gasteiger partial charge on any atom is 0.268 e. The fourth-order valence-electron chi connectivity index (χ4n) is 4.55. The van der Waals surface area contributed by atoms with Gasteiger partial charge in [0.25, 0.3) is 5.91 Å². The molecule has 6 heteroatoms. The maximum atomic E-state index is 13.1. The van der Waals surface area contributed by atoms with Crippen molar-refractivity contribution < 1.29 is 9.59 Å². The highest BCUT2D eigenvalue weighted by Gasteiger charge is 2.42. The Kier molecular flexibility index (Phi) is 6.01. The number of likely N-dealkylation sites (N-methyl/N-ethyl adjacent to an activating group) is 1. The summed E-state index contributed by atoms with van der Waals surface area (Å²) in [6, 6.07) is 4.12. The van der Waals surface area contributed by atoms with Crippen LogP contribution in [0.15, 0.2) is 18.3 Å². The average molecular weight is 361 g/mol. The van der Waals surface area contributed by atoms with Crippen molar-refractivity contribution in [3.05, 3.63) is 24.0 Å². The molecule has 0 radical (unpaired) electrons. The molecule has 1 aromatic heterocycles. The van der Waals surface area contributed by atoms with Crippen LogP contribution in [0.1, 0.15) is 56.4 Å². The van der Waals surface area contributed by atoms with Gasteiger partial charge >= 0.3 is 0 Å². The number of likely N-dealkylation sites (tertiary alicyclic amines) is 1. The molecule has 0 bridgehead atoms. The van der Waals surface area contributed by atoms with E-state index < -0.39 is 0 Å². The summed E-state index contributed by atoms with van der Waals surface area (Å²) in [5, 5.41) is 3.16. The van der Waals surface area contributed by atoms with Crippen molar-refractivity contribution in [3.8, 4) is 0 Å². The molecule has 2 heterocycles. The zero-order valence-electron chi connectivity index (χ0n) is 16.3. The number of aromatic nitrogens is 1. The second-order valence-electron chi connectivity index (χ2n) is 7.57. The molecule has 1 aromatic rings. The summed E-state index contributed by atoms with van der Waals surface area (Å²) in [5.41, 5.74) is 0.663. The minimum atomic E-state index is -0.100. The fourth-order valence-corrected chi connectivity index (χ4v) is 4.55. The topological polar surface area (TPSA) is 57.6 Å². The van der Waals surface area contributed by atoms with Gasteiger partial charge in [0.2, 0.25) is 5.91 Å². The third-order valence-corrected chi connectivity index (χ3v) is 6.00. The first-order valence-electron chi connectivity index (χ1n) is 10.0. The van der Waals surface area contributed by atoms with Crippen molar-refractivity contribution in [2.75, 3.05) is 19.6 Å². The van der Waals surface area contributed by atoms with Gasteiger partial charge in [0.1, 0.15) is 5.69 Å². The molecule has 1 aliphatic heterocycles. The van der Waals surface area contributed by atoms with Crippen LogP contribution in [-0.2, 0) is 11.8 Å². The number of carbonyl (C=O) groups excluding carboxylic acids is 2. The molecule has 1 saturated carbocycles. The van der Waals surface area contributed by atoms with Gasteiger partial charge in [0.05, 0.1) is 6.04 Å². The van der Waals surface area contributed by atoms with Crippen LogP contribution in [0.3, 0.4) is 0 Å². The van der Waals surface area contributed by atoms with Gasteiger partial charge < -0.3 is 14.8 Å². The monoisotopic (exact) mass is 360 g/mol. The fraction of sp³-hybridized carbons (Fsp3) is 0.700. The molecule has 1 N–H and O–H groups in total. The van der Waals surface area contributed by atoms with E-state index in [1.54, 1.807) is 0 Å². The number of rotatable bonds is 6. The van der Waals surface area contributed by atoms with E-state index in [0.717, 1.165) is 19.6 Å². The highest BCUT2D eigenvalue weighted by atomic mass is 16.2. The van der Waals surface area contributed by atoms with Crippen LogP contribution in [0.4, 0.5) is 0 Å². The smallest absolute Gasteiger partial charge is 0.268 e. The zero-order chi connectivity index (χ0) is 18.7. The molecule has 0 unspecified atom stereocenters. The predicted octanol–water partition coefficient (Wildman–Crippen LogP) is 2.01. The number of nitrogens with one attached hydrogen (secondary N) is 1. The molecule has 26 heavy (non-hydrogen) atoms. The summed E-state index contributed by atoms with van der Waals surface area (Å²) in [7, 11) is 1.88. The minimum absolute atomic E-state index is 0.0301. The molecule has 6 nitrogen and oxygen atoms in total. The van der Waals surface area contributed by atoms with Crippen LogP contribution in [0.2, 0.25) is 0 Å². The minimum Gasteiger partial charge on any atom is -0.347 e. The summed E-state index contributed by atoms with van der Waals surface area (Å²) in [4.78, 5) is 29.9. The third-order valence-electron chi connectivity index (χ3n) is 6.00. The van der Waals surface area contributed by atoms with Gasteiger partial charge in [-0.05, 0) is 45.2 Å². The lowest BCUT2D eigenvalue weighted by atomic mass is 10.1. The average Bonchev–Trinajstić information content (AvgIpc) is 3.35. The van der Waals surface area contributed by atoms with Gasteiger partial charge in [0, 0.05) is 45.0 Å². The van der Waals surface area contributed by atoms with Crippen molar-refractivity contribution in [2.45, 2.75) is 64.1 Å². The molecular weight excluding hydrogens is 328 g/mol. The molecule has 2 atom stereocenters. The van der Waals surface area contributed by atoms with Crippen LogP contribution in [0, 0.1) is 0 Å². The van der Waals surface area contributed by atoms with E-state index in [4.69, 9.17) is 0 Å². The Hall–Kier alpha value is -1.82. The lowest BCUT2D eigenvalue weighted by Gasteiger charge is -2.32. The summed E-state index contributed by atoms with van der Waals surface area (Å²) in [5.74, 6) is 0.169. The summed E-state index contributed by atoms with van der Waals surface area (Å²) < 4.78 is 1.83. The molecule has 1 aliphatic carbocycles.